The van der Waals surface area contributed by atoms with E-state index in [1.165, 1.54) is 16.7 Å². The lowest BCUT2D eigenvalue weighted by molar-refractivity contribution is 0.414. The lowest BCUT2D eigenvalue weighted by Crippen LogP contribution is -2.19. The molecular weight excluding hydrogens is 270 g/mol. The van der Waals surface area contributed by atoms with E-state index in [9.17, 15) is 0 Å². The molecule has 0 fully saturated rings. The highest BCUT2D eigenvalue weighted by Crippen LogP contribution is 2.25. The van der Waals surface area contributed by atoms with Gasteiger partial charge >= 0.3 is 0 Å². The van der Waals surface area contributed by atoms with E-state index in [-0.39, 0.29) is 6.04 Å². The van der Waals surface area contributed by atoms with Gasteiger partial charge < -0.3 is 10.1 Å². The molecule has 20 heavy (non-hydrogen) atoms. The van der Waals surface area contributed by atoms with Crippen molar-refractivity contribution in [3.63, 3.8) is 0 Å². The SMILES string of the molecule is CNC(Cc1ccc(OC)cc1)c1cc(Cl)ccc1C. The van der Waals surface area contributed by atoms with Crippen molar-refractivity contribution in [3.05, 3.63) is 64.2 Å². The van der Waals surface area contributed by atoms with Crippen molar-refractivity contribution in [3.8, 4) is 5.75 Å². The summed E-state index contributed by atoms with van der Waals surface area (Å²) in [6.45, 7) is 2.12. The third kappa shape index (κ3) is 3.53. The number of halogens is 1. The molecule has 0 saturated heterocycles. The van der Waals surface area contributed by atoms with Crippen LogP contribution in [0.4, 0.5) is 0 Å². The number of benzene rings is 2. The maximum absolute atomic E-state index is 6.12. The van der Waals surface area contributed by atoms with E-state index in [1.54, 1.807) is 7.11 Å². The first-order valence-electron chi connectivity index (χ1n) is 6.70. The van der Waals surface area contributed by atoms with Crippen LogP contribution >= 0.6 is 11.6 Å². The molecule has 0 aliphatic heterocycles. The van der Waals surface area contributed by atoms with Gasteiger partial charge in [-0.15, -0.1) is 0 Å². The summed E-state index contributed by atoms with van der Waals surface area (Å²) < 4.78 is 5.19. The topological polar surface area (TPSA) is 21.3 Å². The number of nitrogens with one attached hydrogen (secondary N) is 1. The molecule has 0 aliphatic rings. The normalized spacial score (nSPS) is 12.2. The highest BCUT2D eigenvalue weighted by molar-refractivity contribution is 6.30. The molecule has 3 heteroatoms. The Morgan fingerprint density at radius 3 is 2.45 bits per heavy atom. The number of hydrogen-bond acceptors (Lipinski definition) is 2. The van der Waals surface area contributed by atoms with Gasteiger partial charge in [-0.2, -0.15) is 0 Å². The molecule has 0 aliphatic carbocycles. The Bertz CT molecular complexity index is 566. The minimum absolute atomic E-state index is 0.252. The van der Waals surface area contributed by atoms with E-state index in [0.717, 1.165) is 17.2 Å². The third-order valence-electron chi connectivity index (χ3n) is 3.56. The van der Waals surface area contributed by atoms with Gasteiger partial charge in [-0.05, 0) is 61.3 Å². The van der Waals surface area contributed by atoms with Crippen molar-refractivity contribution >= 4 is 11.6 Å². The second-order valence-electron chi connectivity index (χ2n) is 4.89. The fraction of sp³-hybridized carbons (Fsp3) is 0.294. The smallest absolute Gasteiger partial charge is 0.118 e. The van der Waals surface area contributed by atoms with Crippen molar-refractivity contribution in [1.29, 1.82) is 0 Å². The predicted octanol–water partition coefficient (Wildman–Crippen LogP) is 4.16. The largest absolute Gasteiger partial charge is 0.497 e. The molecule has 0 radical (unpaired) electrons. The van der Waals surface area contributed by atoms with Crippen LogP contribution in [-0.2, 0) is 6.42 Å². The Kier molecular flexibility index (Phi) is 5.05. The number of methoxy groups -OCH3 is 1. The fourth-order valence-corrected chi connectivity index (χ4v) is 2.53. The van der Waals surface area contributed by atoms with Crippen LogP contribution in [0.3, 0.4) is 0 Å². The van der Waals surface area contributed by atoms with Gasteiger partial charge in [0.25, 0.3) is 0 Å². The van der Waals surface area contributed by atoms with Crippen LogP contribution in [0.25, 0.3) is 0 Å². The number of hydrogen-bond donors (Lipinski definition) is 1. The maximum atomic E-state index is 6.12. The van der Waals surface area contributed by atoms with Crippen LogP contribution in [0.15, 0.2) is 42.5 Å². The van der Waals surface area contributed by atoms with Crippen LogP contribution in [0.5, 0.6) is 5.75 Å². The molecule has 0 heterocycles. The number of aryl methyl sites for hydroxylation is 1. The van der Waals surface area contributed by atoms with Crippen molar-refractivity contribution in [2.24, 2.45) is 0 Å². The van der Waals surface area contributed by atoms with E-state index in [4.69, 9.17) is 16.3 Å². The second-order valence-corrected chi connectivity index (χ2v) is 5.33. The van der Waals surface area contributed by atoms with Gasteiger partial charge in [-0.25, -0.2) is 0 Å². The van der Waals surface area contributed by atoms with Crippen LogP contribution in [0.2, 0.25) is 5.02 Å². The summed E-state index contributed by atoms with van der Waals surface area (Å²) in [6.07, 6.45) is 0.918. The fourth-order valence-electron chi connectivity index (χ4n) is 2.35. The zero-order valence-electron chi connectivity index (χ0n) is 12.1. The molecule has 0 spiro atoms. The molecule has 2 rings (SSSR count). The van der Waals surface area contributed by atoms with E-state index in [0.29, 0.717) is 0 Å². The lowest BCUT2D eigenvalue weighted by atomic mass is 9.95. The van der Waals surface area contributed by atoms with Gasteiger partial charge in [0.1, 0.15) is 5.75 Å². The molecule has 0 bridgehead atoms. The Morgan fingerprint density at radius 1 is 1.15 bits per heavy atom. The minimum atomic E-state index is 0.252. The first-order valence-corrected chi connectivity index (χ1v) is 7.08. The summed E-state index contributed by atoms with van der Waals surface area (Å²) >= 11 is 6.12. The lowest BCUT2D eigenvalue weighted by Gasteiger charge is -2.19. The molecule has 0 aromatic heterocycles. The van der Waals surface area contributed by atoms with E-state index in [2.05, 4.69) is 30.4 Å². The summed E-state index contributed by atoms with van der Waals surface area (Å²) in [4.78, 5) is 0. The van der Waals surface area contributed by atoms with Crippen LogP contribution in [0.1, 0.15) is 22.7 Å². The summed E-state index contributed by atoms with van der Waals surface area (Å²) in [7, 11) is 3.66. The Balaban J connectivity index is 2.21. The second kappa shape index (κ2) is 6.78. The van der Waals surface area contributed by atoms with Crippen LogP contribution in [0, 0.1) is 6.92 Å². The van der Waals surface area contributed by atoms with E-state index >= 15 is 0 Å². The molecule has 0 saturated carbocycles. The molecule has 1 atom stereocenters. The van der Waals surface area contributed by atoms with Gasteiger partial charge in [-0.1, -0.05) is 29.8 Å². The van der Waals surface area contributed by atoms with Crippen molar-refractivity contribution < 1.29 is 4.74 Å². The average molecular weight is 290 g/mol. The van der Waals surface area contributed by atoms with E-state index < -0.39 is 0 Å². The summed E-state index contributed by atoms with van der Waals surface area (Å²) in [5.41, 5.74) is 3.77. The highest BCUT2D eigenvalue weighted by atomic mass is 35.5. The third-order valence-corrected chi connectivity index (χ3v) is 3.80. The Morgan fingerprint density at radius 2 is 1.85 bits per heavy atom. The first kappa shape index (κ1) is 14.9. The quantitative estimate of drug-likeness (QED) is 0.892. The summed E-state index contributed by atoms with van der Waals surface area (Å²) in [5.74, 6) is 0.883. The molecule has 106 valence electrons. The molecule has 2 aromatic carbocycles. The average Bonchev–Trinajstić information content (AvgIpc) is 2.48. The zero-order valence-corrected chi connectivity index (χ0v) is 12.9. The minimum Gasteiger partial charge on any atom is -0.497 e. The zero-order chi connectivity index (χ0) is 14.5. The number of rotatable bonds is 5. The molecule has 2 nitrogen and oxygen atoms in total. The molecular formula is C17H20ClNO. The van der Waals surface area contributed by atoms with Crippen LogP contribution in [-0.4, -0.2) is 14.2 Å². The Labute approximate surface area is 125 Å². The molecule has 0 amide bonds. The van der Waals surface area contributed by atoms with Crippen molar-refractivity contribution in [2.75, 3.05) is 14.2 Å². The molecule has 1 unspecified atom stereocenters. The van der Waals surface area contributed by atoms with Gasteiger partial charge in [0.05, 0.1) is 7.11 Å². The summed E-state index contributed by atoms with van der Waals surface area (Å²) in [5, 5.41) is 4.15. The summed E-state index contributed by atoms with van der Waals surface area (Å²) in [6, 6.07) is 14.5. The number of likely N-dealkylation sites (N-methyl/N-ethyl adjacent to an activating group) is 1. The Hall–Kier alpha value is -1.51. The van der Waals surface area contributed by atoms with Gasteiger partial charge in [0.2, 0.25) is 0 Å². The van der Waals surface area contributed by atoms with Crippen LogP contribution < -0.4 is 10.1 Å². The van der Waals surface area contributed by atoms with Gasteiger partial charge in [0.15, 0.2) is 0 Å². The standard InChI is InChI=1S/C17H20ClNO/c1-12-4-7-14(18)11-16(12)17(19-2)10-13-5-8-15(20-3)9-6-13/h4-9,11,17,19H,10H2,1-3H3. The van der Waals surface area contributed by atoms with E-state index in [1.807, 2.05) is 31.3 Å². The van der Waals surface area contributed by atoms with Crippen molar-refractivity contribution in [1.82, 2.24) is 5.32 Å². The molecule has 1 N–H and O–H groups in total. The van der Waals surface area contributed by atoms with Gasteiger partial charge in [0, 0.05) is 11.1 Å². The predicted molar refractivity (Wildman–Crippen MR) is 84.7 cm³/mol. The number of ether oxygens (including phenoxy) is 1. The maximum Gasteiger partial charge on any atom is 0.118 e. The highest BCUT2D eigenvalue weighted by Gasteiger charge is 2.13. The van der Waals surface area contributed by atoms with Crippen molar-refractivity contribution in [2.45, 2.75) is 19.4 Å². The first-order chi connectivity index (χ1) is 9.63. The van der Waals surface area contributed by atoms with Gasteiger partial charge in [-0.3, -0.25) is 0 Å². The monoisotopic (exact) mass is 289 g/mol. The molecule has 2 aromatic rings.